The van der Waals surface area contributed by atoms with Crippen molar-refractivity contribution in [3.8, 4) is 0 Å². The van der Waals surface area contributed by atoms with Gasteiger partial charge in [0.05, 0.1) is 12.6 Å². The fourth-order valence-electron chi connectivity index (χ4n) is 3.43. The summed E-state index contributed by atoms with van der Waals surface area (Å²) in [5.41, 5.74) is 1.85. The number of carboxylic acids is 1. The number of hydrogen-bond donors (Lipinski definition) is 1. The highest BCUT2D eigenvalue weighted by Crippen LogP contribution is 2.28. The lowest BCUT2D eigenvalue weighted by molar-refractivity contribution is -0.143. The summed E-state index contributed by atoms with van der Waals surface area (Å²) in [6, 6.07) is 17.3. The number of hydrogen-bond acceptors (Lipinski definition) is 3. The molecule has 1 fully saturated rings. The van der Waals surface area contributed by atoms with Crippen LogP contribution in [0.2, 0.25) is 0 Å². The Bertz CT molecular complexity index is 766. The van der Waals surface area contributed by atoms with Gasteiger partial charge in [0.2, 0.25) is 0 Å². The van der Waals surface area contributed by atoms with E-state index in [0.717, 1.165) is 11.1 Å². The molecule has 0 aliphatic carbocycles. The molecule has 2 amide bonds. The number of urea groups is 1. The molecule has 1 heterocycles. The average molecular weight is 368 g/mol. The van der Waals surface area contributed by atoms with E-state index >= 15 is 0 Å². The van der Waals surface area contributed by atoms with Crippen molar-refractivity contribution in [3.05, 3.63) is 71.8 Å². The maximum atomic E-state index is 13.1. The number of carbonyl (C=O) groups is 2. The van der Waals surface area contributed by atoms with E-state index in [0.29, 0.717) is 13.2 Å². The Balaban J connectivity index is 1.90. The number of ether oxygens (including phenoxy) is 1. The monoisotopic (exact) mass is 368 g/mol. The first-order chi connectivity index (χ1) is 13.1. The number of benzene rings is 2. The predicted octanol–water partition coefficient (Wildman–Crippen LogP) is 2.98. The molecular weight excluding hydrogens is 344 g/mol. The molecule has 6 nitrogen and oxygen atoms in total. The van der Waals surface area contributed by atoms with Crippen molar-refractivity contribution in [1.82, 2.24) is 9.80 Å². The third-order valence-corrected chi connectivity index (χ3v) is 4.73. The van der Waals surface area contributed by atoms with Gasteiger partial charge >= 0.3 is 12.0 Å². The van der Waals surface area contributed by atoms with Gasteiger partial charge in [-0.05, 0) is 18.1 Å². The van der Waals surface area contributed by atoms with Crippen LogP contribution in [0.25, 0.3) is 0 Å². The summed E-state index contributed by atoms with van der Waals surface area (Å²) in [6.07, 6.45) is 0. The van der Waals surface area contributed by atoms with Crippen molar-refractivity contribution in [2.24, 2.45) is 0 Å². The summed E-state index contributed by atoms with van der Waals surface area (Å²) in [7, 11) is 0. The Morgan fingerprint density at radius 2 is 1.48 bits per heavy atom. The fourth-order valence-corrected chi connectivity index (χ4v) is 3.43. The molecule has 1 saturated heterocycles. The zero-order valence-electron chi connectivity index (χ0n) is 15.3. The van der Waals surface area contributed by atoms with Crippen molar-refractivity contribution in [2.45, 2.75) is 32.1 Å². The Hall–Kier alpha value is -2.86. The summed E-state index contributed by atoms with van der Waals surface area (Å²) < 4.78 is 5.53. The lowest BCUT2D eigenvalue weighted by Crippen LogP contribution is -2.45. The van der Waals surface area contributed by atoms with E-state index in [1.54, 1.807) is 4.90 Å². The minimum Gasteiger partial charge on any atom is -0.480 e. The number of carboxylic acid groups (broad SMARTS) is 1. The van der Waals surface area contributed by atoms with E-state index in [1.165, 1.54) is 4.90 Å². The van der Waals surface area contributed by atoms with Crippen LogP contribution in [0.5, 0.6) is 0 Å². The van der Waals surface area contributed by atoms with Crippen LogP contribution in [0, 0.1) is 0 Å². The highest BCUT2D eigenvalue weighted by atomic mass is 16.5. The van der Waals surface area contributed by atoms with Gasteiger partial charge in [-0.25, -0.2) is 9.59 Å². The molecule has 0 spiro atoms. The van der Waals surface area contributed by atoms with E-state index in [9.17, 15) is 14.7 Å². The van der Waals surface area contributed by atoms with Gasteiger partial charge in [0.1, 0.15) is 0 Å². The van der Waals surface area contributed by atoms with Gasteiger partial charge in [-0.15, -0.1) is 0 Å². The number of nitrogens with zero attached hydrogens (tertiary/aromatic N) is 2. The molecule has 142 valence electrons. The van der Waals surface area contributed by atoms with Crippen LogP contribution in [-0.2, 0) is 22.6 Å². The molecule has 6 heteroatoms. The lowest BCUT2D eigenvalue weighted by Gasteiger charge is -2.25. The van der Waals surface area contributed by atoms with Gasteiger partial charge in [0.25, 0.3) is 0 Å². The lowest BCUT2D eigenvalue weighted by atomic mass is 10.1. The molecule has 2 atom stereocenters. The third-order valence-electron chi connectivity index (χ3n) is 4.73. The van der Waals surface area contributed by atoms with Crippen molar-refractivity contribution >= 4 is 12.0 Å². The number of amides is 2. The topological polar surface area (TPSA) is 70.1 Å². The number of carbonyl (C=O) groups excluding carboxylic acids is 1. The summed E-state index contributed by atoms with van der Waals surface area (Å²) in [5, 5.41) is 9.86. The molecular formula is C21H24N2O4. The molecule has 0 radical (unpaired) electrons. The van der Waals surface area contributed by atoms with Gasteiger partial charge in [0, 0.05) is 19.7 Å². The normalized spacial score (nSPS) is 19.5. The van der Waals surface area contributed by atoms with Gasteiger partial charge in [-0.1, -0.05) is 60.7 Å². The SMILES string of the molecule is CCOC[C@@H]1[C@H](C(=O)O)N(Cc2ccccc2)C(=O)N1Cc1ccccc1. The van der Waals surface area contributed by atoms with Crippen LogP contribution in [0.4, 0.5) is 4.79 Å². The zero-order valence-corrected chi connectivity index (χ0v) is 15.3. The molecule has 1 N–H and O–H groups in total. The van der Waals surface area contributed by atoms with Crippen LogP contribution in [-0.4, -0.2) is 52.2 Å². The first-order valence-electron chi connectivity index (χ1n) is 9.07. The van der Waals surface area contributed by atoms with E-state index < -0.39 is 18.1 Å². The van der Waals surface area contributed by atoms with E-state index in [2.05, 4.69) is 0 Å². The van der Waals surface area contributed by atoms with Crippen LogP contribution in [0.15, 0.2) is 60.7 Å². The van der Waals surface area contributed by atoms with Gasteiger partial charge in [0.15, 0.2) is 6.04 Å². The molecule has 0 aromatic heterocycles. The largest absolute Gasteiger partial charge is 0.480 e. The molecule has 0 bridgehead atoms. The summed E-state index contributed by atoms with van der Waals surface area (Å²) >= 11 is 0. The second-order valence-corrected chi connectivity index (χ2v) is 6.52. The maximum absolute atomic E-state index is 13.1. The smallest absolute Gasteiger partial charge is 0.328 e. The fraction of sp³-hybridized carbons (Fsp3) is 0.333. The van der Waals surface area contributed by atoms with E-state index in [-0.39, 0.29) is 19.2 Å². The minimum atomic E-state index is -1.01. The molecule has 27 heavy (non-hydrogen) atoms. The second-order valence-electron chi connectivity index (χ2n) is 6.52. The number of rotatable bonds is 8. The van der Waals surface area contributed by atoms with Gasteiger partial charge in [-0.3, -0.25) is 0 Å². The van der Waals surface area contributed by atoms with Crippen LogP contribution < -0.4 is 0 Å². The standard InChI is InChI=1S/C21H24N2O4/c1-2-27-15-18-19(20(24)25)23(14-17-11-7-4-8-12-17)21(26)22(18)13-16-9-5-3-6-10-16/h3-12,18-19H,2,13-15H2,1H3,(H,24,25)/t18-,19-/m1/s1. The third kappa shape index (κ3) is 4.28. The van der Waals surface area contributed by atoms with Crippen LogP contribution in [0.3, 0.4) is 0 Å². The molecule has 3 rings (SSSR count). The molecule has 2 aromatic carbocycles. The van der Waals surface area contributed by atoms with Crippen molar-refractivity contribution in [2.75, 3.05) is 13.2 Å². The summed E-state index contributed by atoms with van der Waals surface area (Å²) in [4.78, 5) is 28.2. The summed E-state index contributed by atoms with van der Waals surface area (Å²) in [5.74, 6) is -1.01. The molecule has 1 aliphatic heterocycles. The quantitative estimate of drug-likeness (QED) is 0.778. The molecule has 0 unspecified atom stereocenters. The predicted molar refractivity (Wildman–Crippen MR) is 101 cm³/mol. The highest BCUT2D eigenvalue weighted by molar-refractivity contribution is 5.87. The Kier molecular flexibility index (Phi) is 6.08. The van der Waals surface area contributed by atoms with E-state index in [4.69, 9.17) is 4.74 Å². The first kappa shape index (κ1) is 18.9. The minimum absolute atomic E-state index is 0.192. The van der Waals surface area contributed by atoms with Crippen molar-refractivity contribution < 1.29 is 19.4 Å². The highest BCUT2D eigenvalue weighted by Gasteiger charge is 2.49. The van der Waals surface area contributed by atoms with Crippen molar-refractivity contribution in [3.63, 3.8) is 0 Å². The van der Waals surface area contributed by atoms with Gasteiger partial charge < -0.3 is 19.6 Å². The van der Waals surface area contributed by atoms with Crippen LogP contribution in [0.1, 0.15) is 18.1 Å². The van der Waals surface area contributed by atoms with E-state index in [1.807, 2.05) is 67.6 Å². The molecule has 0 saturated carbocycles. The Morgan fingerprint density at radius 3 is 1.96 bits per heavy atom. The number of aliphatic carboxylic acids is 1. The Morgan fingerprint density at radius 1 is 0.963 bits per heavy atom. The Labute approximate surface area is 159 Å². The van der Waals surface area contributed by atoms with Crippen LogP contribution >= 0.6 is 0 Å². The average Bonchev–Trinajstić information content (AvgIpc) is 2.93. The van der Waals surface area contributed by atoms with Gasteiger partial charge in [-0.2, -0.15) is 0 Å². The maximum Gasteiger partial charge on any atom is 0.328 e. The molecule has 2 aromatic rings. The zero-order chi connectivity index (χ0) is 19.2. The first-order valence-corrected chi connectivity index (χ1v) is 9.07. The molecule has 1 aliphatic rings. The second kappa shape index (κ2) is 8.68. The summed E-state index contributed by atoms with van der Waals surface area (Å²) in [6.45, 7) is 3.12. The van der Waals surface area contributed by atoms with Crippen molar-refractivity contribution in [1.29, 1.82) is 0 Å².